The van der Waals surface area contributed by atoms with Crippen molar-refractivity contribution in [2.24, 2.45) is 0 Å². The summed E-state index contributed by atoms with van der Waals surface area (Å²) < 4.78 is 13.7. The van der Waals surface area contributed by atoms with E-state index in [4.69, 9.17) is 5.11 Å². The maximum atomic E-state index is 13.7. The van der Waals surface area contributed by atoms with Gasteiger partial charge in [0.05, 0.1) is 6.61 Å². The number of aliphatic hydroxyl groups excluding tert-OH is 1. The molecular weight excluding hydrogens is 195 g/mol. The van der Waals surface area contributed by atoms with Gasteiger partial charge in [0.1, 0.15) is 5.69 Å². The number of aromatic nitrogens is 2. The van der Waals surface area contributed by atoms with Crippen molar-refractivity contribution in [1.82, 2.24) is 9.97 Å². The number of hydrogen-bond donors (Lipinski definition) is 1. The molecular formula is C11H9FN2O. The van der Waals surface area contributed by atoms with E-state index >= 15 is 0 Å². The molecule has 0 fully saturated rings. The molecule has 0 aliphatic carbocycles. The molecule has 1 N–H and O–H groups in total. The van der Waals surface area contributed by atoms with E-state index in [9.17, 15) is 4.39 Å². The molecule has 15 heavy (non-hydrogen) atoms. The van der Waals surface area contributed by atoms with Gasteiger partial charge in [-0.3, -0.25) is 9.97 Å². The van der Waals surface area contributed by atoms with E-state index in [-0.39, 0.29) is 17.9 Å². The second-order valence-corrected chi connectivity index (χ2v) is 3.03. The molecule has 2 aromatic heterocycles. The Bertz CT molecular complexity index is 459. The van der Waals surface area contributed by atoms with E-state index in [1.165, 1.54) is 12.3 Å². The van der Waals surface area contributed by atoms with Crippen LogP contribution < -0.4 is 0 Å². The molecule has 0 amide bonds. The highest BCUT2D eigenvalue weighted by Crippen LogP contribution is 2.21. The summed E-state index contributed by atoms with van der Waals surface area (Å²) in [5.41, 5.74) is 1.14. The number of aliphatic hydroxyl groups is 1. The number of nitrogens with zero attached hydrogens (tertiary/aromatic N) is 2. The minimum absolute atomic E-state index is 0.240. The lowest BCUT2D eigenvalue weighted by molar-refractivity contribution is 0.275. The van der Waals surface area contributed by atoms with E-state index in [1.54, 1.807) is 24.5 Å². The van der Waals surface area contributed by atoms with Crippen LogP contribution in [-0.4, -0.2) is 15.1 Å². The van der Waals surface area contributed by atoms with Gasteiger partial charge in [-0.15, -0.1) is 0 Å². The quantitative estimate of drug-likeness (QED) is 0.810. The fourth-order valence-corrected chi connectivity index (χ4v) is 1.32. The lowest BCUT2D eigenvalue weighted by Gasteiger charge is -2.04. The van der Waals surface area contributed by atoms with Crippen molar-refractivity contribution < 1.29 is 9.50 Å². The number of pyridine rings is 2. The van der Waals surface area contributed by atoms with Gasteiger partial charge in [0.2, 0.25) is 0 Å². The summed E-state index contributed by atoms with van der Waals surface area (Å²) in [7, 11) is 0. The van der Waals surface area contributed by atoms with Crippen LogP contribution in [0.4, 0.5) is 4.39 Å². The van der Waals surface area contributed by atoms with Gasteiger partial charge in [-0.2, -0.15) is 0 Å². The normalized spacial score (nSPS) is 10.3. The van der Waals surface area contributed by atoms with Gasteiger partial charge in [-0.05, 0) is 18.2 Å². The van der Waals surface area contributed by atoms with Crippen molar-refractivity contribution >= 4 is 0 Å². The molecule has 2 aromatic rings. The maximum Gasteiger partial charge on any atom is 0.154 e. The van der Waals surface area contributed by atoms with Crippen molar-refractivity contribution in [3.8, 4) is 11.3 Å². The summed E-state index contributed by atoms with van der Waals surface area (Å²) >= 11 is 0. The first kappa shape index (κ1) is 9.73. The SMILES string of the molecule is OCc1ccnc(-c2ccncc2)c1F. The number of rotatable bonds is 2. The third-order valence-corrected chi connectivity index (χ3v) is 2.09. The van der Waals surface area contributed by atoms with Crippen molar-refractivity contribution in [2.75, 3.05) is 0 Å². The predicted molar refractivity (Wildman–Crippen MR) is 53.3 cm³/mol. The Labute approximate surface area is 86.3 Å². The monoisotopic (exact) mass is 204 g/mol. The van der Waals surface area contributed by atoms with Crippen molar-refractivity contribution in [1.29, 1.82) is 0 Å². The Balaban J connectivity index is 2.54. The second kappa shape index (κ2) is 4.14. The lowest BCUT2D eigenvalue weighted by Crippen LogP contribution is -1.96. The molecule has 0 spiro atoms. The van der Waals surface area contributed by atoms with E-state index in [0.717, 1.165) is 0 Å². The fourth-order valence-electron chi connectivity index (χ4n) is 1.32. The molecule has 0 aliphatic heterocycles. The van der Waals surface area contributed by atoms with Crippen molar-refractivity contribution in [2.45, 2.75) is 6.61 Å². The van der Waals surface area contributed by atoms with Crippen LogP contribution in [0.2, 0.25) is 0 Å². The Morgan fingerprint density at radius 3 is 2.53 bits per heavy atom. The van der Waals surface area contributed by atoms with Crippen LogP contribution in [0.25, 0.3) is 11.3 Å². The third kappa shape index (κ3) is 1.85. The van der Waals surface area contributed by atoms with Crippen LogP contribution in [0.15, 0.2) is 36.8 Å². The van der Waals surface area contributed by atoms with Gasteiger partial charge < -0.3 is 5.11 Å². The molecule has 3 nitrogen and oxygen atoms in total. The molecule has 0 unspecified atom stereocenters. The van der Waals surface area contributed by atoms with Gasteiger partial charge in [0.25, 0.3) is 0 Å². The Hall–Kier alpha value is -1.81. The van der Waals surface area contributed by atoms with Gasteiger partial charge in [0.15, 0.2) is 5.82 Å². The number of hydrogen-bond acceptors (Lipinski definition) is 3. The Morgan fingerprint density at radius 1 is 1.13 bits per heavy atom. The van der Waals surface area contributed by atoms with Crippen LogP contribution in [0.1, 0.15) is 5.56 Å². The molecule has 2 rings (SSSR count). The number of halogens is 1. The van der Waals surface area contributed by atoms with Crippen LogP contribution in [0.5, 0.6) is 0 Å². The molecule has 0 saturated carbocycles. The smallest absolute Gasteiger partial charge is 0.154 e. The first-order chi connectivity index (χ1) is 7.33. The summed E-state index contributed by atoms with van der Waals surface area (Å²) in [6.45, 7) is -0.327. The van der Waals surface area contributed by atoms with Crippen LogP contribution in [-0.2, 0) is 6.61 Å². The Kier molecular flexibility index (Phi) is 2.69. The molecule has 0 bridgehead atoms. The highest BCUT2D eigenvalue weighted by atomic mass is 19.1. The zero-order valence-electron chi connectivity index (χ0n) is 7.89. The molecule has 0 atom stereocenters. The highest BCUT2D eigenvalue weighted by molar-refractivity contribution is 5.59. The molecule has 0 radical (unpaired) electrons. The second-order valence-electron chi connectivity index (χ2n) is 3.03. The van der Waals surface area contributed by atoms with Crippen molar-refractivity contribution in [3.63, 3.8) is 0 Å². The minimum atomic E-state index is -0.480. The molecule has 4 heteroatoms. The van der Waals surface area contributed by atoms with E-state index in [0.29, 0.717) is 5.56 Å². The molecule has 0 aromatic carbocycles. The molecule has 0 saturated heterocycles. The largest absolute Gasteiger partial charge is 0.392 e. The molecule has 0 aliphatic rings. The standard InChI is InChI=1S/C11H9FN2O/c12-10-9(7-15)3-6-14-11(10)8-1-4-13-5-2-8/h1-6,15H,7H2. The minimum Gasteiger partial charge on any atom is -0.392 e. The summed E-state index contributed by atoms with van der Waals surface area (Å²) in [6.07, 6.45) is 4.62. The van der Waals surface area contributed by atoms with Gasteiger partial charge >= 0.3 is 0 Å². The Morgan fingerprint density at radius 2 is 1.87 bits per heavy atom. The molecule has 76 valence electrons. The summed E-state index contributed by atoms with van der Waals surface area (Å²) in [4.78, 5) is 7.79. The summed E-state index contributed by atoms with van der Waals surface area (Å²) in [6, 6.07) is 4.80. The van der Waals surface area contributed by atoms with Gasteiger partial charge in [0, 0.05) is 29.7 Å². The first-order valence-electron chi connectivity index (χ1n) is 4.47. The summed E-state index contributed by atoms with van der Waals surface area (Å²) in [5, 5.41) is 8.91. The average molecular weight is 204 g/mol. The highest BCUT2D eigenvalue weighted by Gasteiger charge is 2.09. The van der Waals surface area contributed by atoms with E-state index in [2.05, 4.69) is 9.97 Å². The summed E-state index contributed by atoms with van der Waals surface area (Å²) in [5.74, 6) is -0.480. The lowest BCUT2D eigenvalue weighted by atomic mass is 10.1. The predicted octanol–water partition coefficient (Wildman–Crippen LogP) is 1.77. The topological polar surface area (TPSA) is 46.0 Å². The maximum absolute atomic E-state index is 13.7. The van der Waals surface area contributed by atoms with Crippen LogP contribution in [0.3, 0.4) is 0 Å². The average Bonchev–Trinajstić information content (AvgIpc) is 2.30. The van der Waals surface area contributed by atoms with Gasteiger partial charge in [-0.1, -0.05) is 0 Å². The van der Waals surface area contributed by atoms with E-state index in [1.807, 2.05) is 0 Å². The first-order valence-corrected chi connectivity index (χ1v) is 4.47. The van der Waals surface area contributed by atoms with Crippen LogP contribution in [0, 0.1) is 5.82 Å². The fraction of sp³-hybridized carbons (Fsp3) is 0.0909. The van der Waals surface area contributed by atoms with Crippen molar-refractivity contribution in [3.05, 3.63) is 48.2 Å². The zero-order valence-corrected chi connectivity index (χ0v) is 7.89. The third-order valence-electron chi connectivity index (χ3n) is 2.09. The molecule has 2 heterocycles. The van der Waals surface area contributed by atoms with Crippen LogP contribution >= 0.6 is 0 Å². The zero-order chi connectivity index (χ0) is 10.7. The van der Waals surface area contributed by atoms with E-state index < -0.39 is 5.82 Å². The van der Waals surface area contributed by atoms with Gasteiger partial charge in [-0.25, -0.2) is 4.39 Å².